The molecule has 2 fully saturated rings. The highest BCUT2D eigenvalue weighted by atomic mass is 16.5. The molecule has 0 unspecified atom stereocenters. The molecule has 7 heteroatoms. The van der Waals surface area contributed by atoms with Crippen molar-refractivity contribution in [3.8, 4) is 0 Å². The average Bonchev–Trinajstić information content (AvgIpc) is 3.15. The van der Waals surface area contributed by atoms with Gasteiger partial charge in [-0.3, -0.25) is 9.69 Å². The Labute approximate surface area is 146 Å². The molecule has 3 N–H and O–H groups in total. The Balaban J connectivity index is 1.39. The fourth-order valence-electron chi connectivity index (χ4n) is 3.91. The van der Waals surface area contributed by atoms with Crippen LogP contribution in [0.2, 0.25) is 0 Å². The van der Waals surface area contributed by atoms with E-state index in [1.54, 1.807) is 0 Å². The summed E-state index contributed by atoms with van der Waals surface area (Å²) in [6, 6.07) is 6.04. The number of rotatable bonds is 4. The van der Waals surface area contributed by atoms with Crippen LogP contribution in [0.15, 0.2) is 18.2 Å². The van der Waals surface area contributed by atoms with E-state index in [9.17, 15) is 4.79 Å². The van der Waals surface area contributed by atoms with E-state index in [-0.39, 0.29) is 24.7 Å². The van der Waals surface area contributed by atoms with Crippen LogP contribution in [0.3, 0.4) is 0 Å². The second-order valence-electron chi connectivity index (χ2n) is 7.04. The third kappa shape index (κ3) is 3.40. The van der Waals surface area contributed by atoms with Crippen LogP contribution in [0.1, 0.15) is 29.0 Å². The van der Waals surface area contributed by atoms with Gasteiger partial charge >= 0.3 is 0 Å². The topological polar surface area (TPSA) is 90.5 Å². The molecule has 0 saturated carbocycles. The minimum absolute atomic E-state index is 0.0492. The Kier molecular flexibility index (Phi) is 4.45. The second-order valence-corrected chi connectivity index (χ2v) is 7.04. The molecule has 1 amide bonds. The first kappa shape index (κ1) is 16.5. The van der Waals surface area contributed by atoms with Crippen molar-refractivity contribution in [1.29, 1.82) is 0 Å². The fourth-order valence-corrected chi connectivity index (χ4v) is 3.91. The van der Waals surface area contributed by atoms with Gasteiger partial charge in [-0.1, -0.05) is 0 Å². The van der Waals surface area contributed by atoms with Gasteiger partial charge in [0.1, 0.15) is 5.82 Å². The van der Waals surface area contributed by atoms with E-state index in [0.717, 1.165) is 36.4 Å². The molecule has 0 aliphatic carbocycles. The van der Waals surface area contributed by atoms with Gasteiger partial charge in [-0.25, -0.2) is 4.98 Å². The van der Waals surface area contributed by atoms with Gasteiger partial charge in [-0.2, -0.15) is 0 Å². The number of aromatic amines is 1. The van der Waals surface area contributed by atoms with E-state index in [1.165, 1.54) is 0 Å². The predicted molar refractivity (Wildman–Crippen MR) is 93.5 cm³/mol. The number of nitrogens with one attached hydrogen (secondary N) is 2. The Morgan fingerprint density at radius 1 is 1.48 bits per heavy atom. The number of hydrogen-bond donors (Lipinski definition) is 3. The highest BCUT2D eigenvalue weighted by molar-refractivity contribution is 5.97. The van der Waals surface area contributed by atoms with Crippen molar-refractivity contribution in [3.05, 3.63) is 29.6 Å². The van der Waals surface area contributed by atoms with Crippen LogP contribution in [-0.4, -0.2) is 70.4 Å². The Hall–Kier alpha value is -1.96. The van der Waals surface area contributed by atoms with E-state index < -0.39 is 0 Å². The maximum Gasteiger partial charge on any atom is 0.251 e. The number of ether oxygens (including phenoxy) is 1. The number of fused-ring (bicyclic) bond motifs is 2. The Morgan fingerprint density at radius 2 is 2.36 bits per heavy atom. The molecular weight excluding hydrogens is 320 g/mol. The molecule has 0 radical (unpaired) electrons. The number of aromatic nitrogens is 2. The van der Waals surface area contributed by atoms with E-state index >= 15 is 0 Å². The molecule has 25 heavy (non-hydrogen) atoms. The molecule has 3 heterocycles. The molecule has 0 spiro atoms. The lowest BCUT2D eigenvalue weighted by Gasteiger charge is -2.34. The summed E-state index contributed by atoms with van der Waals surface area (Å²) in [5, 5.41) is 12.2. The number of H-pyrrole nitrogens is 1. The SMILES string of the molecule is Cc1nc2ccc(C(=O)N[C@@H]3C[C@H]4CO[C@@H](CCO)CN4C3)cc2[nH]1. The van der Waals surface area contributed by atoms with E-state index in [2.05, 4.69) is 20.2 Å². The number of amides is 1. The van der Waals surface area contributed by atoms with Crippen LogP contribution >= 0.6 is 0 Å². The van der Waals surface area contributed by atoms with Gasteiger partial charge in [0.05, 0.1) is 23.7 Å². The predicted octanol–water partition coefficient (Wildman–Crippen LogP) is 0.825. The molecule has 1 aromatic carbocycles. The molecule has 0 bridgehead atoms. The smallest absolute Gasteiger partial charge is 0.251 e. The summed E-state index contributed by atoms with van der Waals surface area (Å²) >= 11 is 0. The summed E-state index contributed by atoms with van der Waals surface area (Å²) in [6.45, 7) is 4.40. The van der Waals surface area contributed by atoms with Crippen molar-refractivity contribution >= 4 is 16.9 Å². The van der Waals surface area contributed by atoms with E-state index in [4.69, 9.17) is 9.84 Å². The summed E-state index contributed by atoms with van der Waals surface area (Å²) in [5.74, 6) is 0.796. The lowest BCUT2D eigenvalue weighted by molar-refractivity contribution is -0.0566. The maximum atomic E-state index is 12.6. The molecular formula is C18H24N4O3. The van der Waals surface area contributed by atoms with Gasteiger partial charge in [0.2, 0.25) is 0 Å². The lowest BCUT2D eigenvalue weighted by atomic mass is 10.1. The third-order valence-electron chi connectivity index (χ3n) is 5.14. The number of carbonyl (C=O) groups excluding carboxylic acids is 1. The maximum absolute atomic E-state index is 12.6. The highest BCUT2D eigenvalue weighted by Crippen LogP contribution is 2.24. The number of aliphatic hydroxyl groups excluding tert-OH is 1. The molecule has 1 aromatic heterocycles. The van der Waals surface area contributed by atoms with E-state index in [0.29, 0.717) is 24.6 Å². The van der Waals surface area contributed by atoms with Gasteiger partial charge in [0.25, 0.3) is 5.91 Å². The zero-order valence-corrected chi connectivity index (χ0v) is 14.4. The first-order chi connectivity index (χ1) is 12.1. The fraction of sp³-hybridized carbons (Fsp3) is 0.556. The molecule has 2 aromatic rings. The molecule has 4 rings (SSSR count). The van der Waals surface area contributed by atoms with Crippen molar-refractivity contribution in [2.24, 2.45) is 0 Å². The lowest BCUT2D eigenvalue weighted by Crippen LogP contribution is -2.46. The summed E-state index contributed by atoms with van der Waals surface area (Å²) < 4.78 is 5.80. The number of carbonyl (C=O) groups is 1. The molecule has 3 atom stereocenters. The number of nitrogens with zero attached hydrogens (tertiary/aromatic N) is 2. The van der Waals surface area contributed by atoms with Crippen LogP contribution in [0.25, 0.3) is 11.0 Å². The Bertz CT molecular complexity index is 775. The largest absolute Gasteiger partial charge is 0.396 e. The Morgan fingerprint density at radius 3 is 3.20 bits per heavy atom. The van der Waals surface area contributed by atoms with Gasteiger partial charge in [0.15, 0.2) is 0 Å². The van der Waals surface area contributed by atoms with Crippen molar-refractivity contribution in [1.82, 2.24) is 20.2 Å². The number of morpholine rings is 1. The monoisotopic (exact) mass is 344 g/mol. The van der Waals surface area contributed by atoms with Crippen LogP contribution in [0, 0.1) is 6.92 Å². The first-order valence-corrected chi connectivity index (χ1v) is 8.86. The molecule has 134 valence electrons. The minimum Gasteiger partial charge on any atom is -0.396 e. The van der Waals surface area contributed by atoms with Crippen LogP contribution in [-0.2, 0) is 4.74 Å². The van der Waals surface area contributed by atoms with Gasteiger partial charge in [-0.15, -0.1) is 0 Å². The molecule has 2 aliphatic heterocycles. The summed E-state index contributed by atoms with van der Waals surface area (Å²) in [6.07, 6.45) is 1.68. The zero-order valence-electron chi connectivity index (χ0n) is 14.4. The second kappa shape index (κ2) is 6.74. The van der Waals surface area contributed by atoms with Crippen molar-refractivity contribution < 1.29 is 14.6 Å². The molecule has 2 aliphatic rings. The van der Waals surface area contributed by atoms with Crippen LogP contribution in [0.4, 0.5) is 0 Å². The van der Waals surface area contributed by atoms with Crippen molar-refractivity contribution in [2.75, 3.05) is 26.3 Å². The average molecular weight is 344 g/mol. The molecule has 2 saturated heterocycles. The zero-order chi connectivity index (χ0) is 17.4. The third-order valence-corrected chi connectivity index (χ3v) is 5.14. The quantitative estimate of drug-likeness (QED) is 0.764. The van der Waals surface area contributed by atoms with Crippen LogP contribution in [0.5, 0.6) is 0 Å². The summed E-state index contributed by atoms with van der Waals surface area (Å²) in [5.41, 5.74) is 2.41. The number of hydrogen-bond acceptors (Lipinski definition) is 5. The number of aryl methyl sites for hydroxylation is 1. The number of benzene rings is 1. The number of imidazole rings is 1. The first-order valence-electron chi connectivity index (χ1n) is 8.86. The van der Waals surface area contributed by atoms with E-state index in [1.807, 2.05) is 25.1 Å². The number of aliphatic hydroxyl groups is 1. The standard InChI is InChI=1S/C18H24N4O3/c1-11-19-16-3-2-12(6-17(16)20-11)18(24)21-13-7-14-10-25-15(4-5-23)9-22(14)8-13/h2-3,6,13-15,23H,4-5,7-10H2,1H3,(H,19,20)(H,21,24)/t13-,14+,15+/m1/s1. The van der Waals surface area contributed by atoms with Gasteiger partial charge in [0, 0.05) is 37.3 Å². The molecule has 7 nitrogen and oxygen atoms in total. The van der Waals surface area contributed by atoms with Crippen LogP contribution < -0.4 is 5.32 Å². The van der Waals surface area contributed by atoms with Gasteiger partial charge < -0.3 is 20.1 Å². The van der Waals surface area contributed by atoms with Crippen molar-refractivity contribution in [3.63, 3.8) is 0 Å². The van der Waals surface area contributed by atoms with Crippen molar-refractivity contribution in [2.45, 2.75) is 38.0 Å². The minimum atomic E-state index is -0.0492. The highest BCUT2D eigenvalue weighted by Gasteiger charge is 2.37. The summed E-state index contributed by atoms with van der Waals surface area (Å²) in [4.78, 5) is 22.5. The normalized spacial score (nSPS) is 26.7. The summed E-state index contributed by atoms with van der Waals surface area (Å²) in [7, 11) is 0. The van der Waals surface area contributed by atoms with Gasteiger partial charge in [-0.05, 0) is 38.0 Å².